The molecule has 1 aliphatic carbocycles. The Balaban J connectivity index is 2.32. The summed E-state index contributed by atoms with van der Waals surface area (Å²) < 4.78 is 16.0. The normalized spacial score (nSPS) is 21.2. The fraction of sp³-hybridized carbons (Fsp3) is 0.391. The number of hydrogen-bond acceptors (Lipinski definition) is 8. The van der Waals surface area contributed by atoms with Gasteiger partial charge in [0.2, 0.25) is 0 Å². The van der Waals surface area contributed by atoms with Crippen molar-refractivity contribution in [1.82, 2.24) is 4.90 Å². The predicted molar refractivity (Wildman–Crippen MR) is 113 cm³/mol. The molecule has 164 valence electrons. The van der Waals surface area contributed by atoms with Crippen molar-refractivity contribution < 1.29 is 19.0 Å². The predicted octanol–water partition coefficient (Wildman–Crippen LogP) is 2.59. The molecule has 0 saturated heterocycles. The average Bonchev–Trinajstić information content (AvgIpc) is 2.82. The van der Waals surface area contributed by atoms with Crippen molar-refractivity contribution >= 4 is 6.09 Å². The Bertz CT molecular complexity index is 1100. The molecule has 0 fully saturated rings. The highest BCUT2D eigenvalue weighted by atomic mass is 16.6. The Kier molecular flexibility index (Phi) is 6.27. The zero-order valence-electron chi connectivity index (χ0n) is 18.1. The minimum atomic E-state index is -1.86. The summed E-state index contributed by atoms with van der Waals surface area (Å²) in [6, 6.07) is 11.3. The van der Waals surface area contributed by atoms with Crippen molar-refractivity contribution in [2.75, 3.05) is 33.9 Å². The van der Waals surface area contributed by atoms with Crippen LogP contribution < -0.4 is 15.2 Å². The van der Waals surface area contributed by atoms with Crippen molar-refractivity contribution in [3.05, 3.63) is 46.7 Å². The van der Waals surface area contributed by atoms with E-state index in [4.69, 9.17) is 19.9 Å². The summed E-state index contributed by atoms with van der Waals surface area (Å²) in [4.78, 5) is 13.9. The first-order chi connectivity index (χ1) is 15.4. The molecular formula is C23H23N5O4. The number of methoxy groups -OCH3 is 2. The van der Waals surface area contributed by atoms with Crippen molar-refractivity contribution in [2.45, 2.75) is 12.8 Å². The van der Waals surface area contributed by atoms with Gasteiger partial charge in [-0.05, 0) is 30.7 Å². The molecule has 1 amide bonds. The number of rotatable bonds is 4. The maximum atomic E-state index is 12.5. The van der Waals surface area contributed by atoms with Gasteiger partial charge in [-0.15, -0.1) is 0 Å². The summed E-state index contributed by atoms with van der Waals surface area (Å²) in [6.45, 7) is 2.28. The topological polar surface area (TPSA) is 145 Å². The number of nitriles is 3. The highest BCUT2D eigenvalue weighted by Gasteiger charge is 2.55. The molecule has 2 N–H and O–H groups in total. The van der Waals surface area contributed by atoms with Crippen LogP contribution in [0.5, 0.6) is 11.5 Å². The summed E-state index contributed by atoms with van der Waals surface area (Å²) in [5.41, 5.74) is 5.58. The third-order valence-corrected chi connectivity index (χ3v) is 5.96. The van der Waals surface area contributed by atoms with Crippen LogP contribution in [-0.2, 0) is 4.74 Å². The Hall–Kier alpha value is -4.16. The first kappa shape index (κ1) is 22.5. The number of allylic oxidation sites excluding steroid dienone is 2. The third kappa shape index (κ3) is 3.36. The van der Waals surface area contributed by atoms with Crippen LogP contribution in [0.1, 0.15) is 18.4 Å². The van der Waals surface area contributed by atoms with Gasteiger partial charge in [0, 0.05) is 30.5 Å². The van der Waals surface area contributed by atoms with Gasteiger partial charge >= 0.3 is 6.09 Å². The van der Waals surface area contributed by atoms with Gasteiger partial charge < -0.3 is 24.8 Å². The highest BCUT2D eigenvalue weighted by Crippen LogP contribution is 2.56. The molecule has 0 spiro atoms. The van der Waals surface area contributed by atoms with E-state index < -0.39 is 23.3 Å². The van der Waals surface area contributed by atoms with E-state index in [1.165, 1.54) is 19.1 Å². The van der Waals surface area contributed by atoms with Gasteiger partial charge in [0.25, 0.3) is 0 Å². The molecule has 0 bridgehead atoms. The summed E-state index contributed by atoms with van der Waals surface area (Å²) in [5, 5.41) is 30.2. The molecule has 9 heteroatoms. The molecule has 3 rings (SSSR count). The number of carbonyl (C=O) groups excluding carboxylic acids is 1. The van der Waals surface area contributed by atoms with Crippen molar-refractivity contribution in [3.8, 4) is 29.7 Å². The fourth-order valence-electron chi connectivity index (χ4n) is 4.47. The lowest BCUT2D eigenvalue weighted by molar-refractivity contribution is 0.0998. The first-order valence-electron chi connectivity index (χ1n) is 9.99. The molecule has 1 aliphatic heterocycles. The minimum absolute atomic E-state index is 0.0970. The maximum Gasteiger partial charge on any atom is 0.410 e. The smallest absolute Gasteiger partial charge is 0.410 e. The van der Waals surface area contributed by atoms with Crippen LogP contribution in [-0.4, -0.2) is 44.9 Å². The summed E-state index contributed by atoms with van der Waals surface area (Å²) in [5.74, 6) is -0.465. The lowest BCUT2D eigenvalue weighted by atomic mass is 9.58. The van der Waals surface area contributed by atoms with Crippen LogP contribution in [0.2, 0.25) is 0 Å². The number of amides is 1. The van der Waals surface area contributed by atoms with Crippen LogP contribution in [0.3, 0.4) is 0 Å². The molecule has 1 aromatic carbocycles. The van der Waals surface area contributed by atoms with Gasteiger partial charge in [-0.1, -0.05) is 6.08 Å². The largest absolute Gasteiger partial charge is 0.497 e. The lowest BCUT2D eigenvalue weighted by Crippen LogP contribution is -2.49. The Morgan fingerprint density at radius 3 is 2.53 bits per heavy atom. The Morgan fingerprint density at radius 1 is 1.25 bits per heavy atom. The number of nitrogens with zero attached hydrogens (tertiary/aromatic N) is 4. The number of fused-ring (bicyclic) bond motifs is 1. The molecule has 9 nitrogen and oxygen atoms in total. The zero-order chi connectivity index (χ0) is 23.5. The highest BCUT2D eigenvalue weighted by molar-refractivity contribution is 5.69. The van der Waals surface area contributed by atoms with Gasteiger partial charge in [0.05, 0.1) is 44.2 Å². The summed E-state index contributed by atoms with van der Waals surface area (Å²) in [7, 11) is 2.99. The molecule has 32 heavy (non-hydrogen) atoms. The number of carbonyl (C=O) groups is 1. The number of benzene rings is 1. The van der Waals surface area contributed by atoms with E-state index in [1.54, 1.807) is 31.2 Å². The molecule has 1 heterocycles. The Morgan fingerprint density at radius 2 is 1.97 bits per heavy atom. The second-order valence-corrected chi connectivity index (χ2v) is 7.39. The van der Waals surface area contributed by atoms with Crippen molar-refractivity contribution in [3.63, 3.8) is 0 Å². The average molecular weight is 433 g/mol. The fourth-order valence-corrected chi connectivity index (χ4v) is 4.47. The summed E-state index contributed by atoms with van der Waals surface area (Å²) >= 11 is 0. The molecule has 1 aromatic rings. The van der Waals surface area contributed by atoms with E-state index in [0.717, 1.165) is 0 Å². The third-order valence-electron chi connectivity index (χ3n) is 5.96. The lowest BCUT2D eigenvalue weighted by Gasteiger charge is -2.45. The zero-order valence-corrected chi connectivity index (χ0v) is 18.1. The van der Waals surface area contributed by atoms with Crippen molar-refractivity contribution in [1.29, 1.82) is 15.8 Å². The second-order valence-electron chi connectivity index (χ2n) is 7.39. The van der Waals surface area contributed by atoms with Crippen LogP contribution in [0.25, 0.3) is 0 Å². The van der Waals surface area contributed by atoms with Gasteiger partial charge in [-0.25, -0.2) is 4.79 Å². The number of ether oxygens (including phenoxy) is 3. The first-order valence-corrected chi connectivity index (χ1v) is 9.99. The molecule has 0 aromatic heterocycles. The van der Waals surface area contributed by atoms with E-state index in [9.17, 15) is 20.6 Å². The molecule has 0 unspecified atom stereocenters. The van der Waals surface area contributed by atoms with Crippen LogP contribution in [0.4, 0.5) is 4.79 Å². The quantitative estimate of drug-likeness (QED) is 0.762. The van der Waals surface area contributed by atoms with Crippen molar-refractivity contribution in [2.24, 2.45) is 17.1 Å². The second kappa shape index (κ2) is 8.91. The van der Waals surface area contributed by atoms with E-state index in [1.807, 2.05) is 0 Å². The van der Waals surface area contributed by atoms with Gasteiger partial charge in [0.15, 0.2) is 5.41 Å². The standard InChI is InChI=1S/C23H23N5O4/c1-4-32-22(29)28-8-7-15-17(10-24)21(27)23(12-25,13-26)20(18(15)11-28)16-9-14(30-2)5-6-19(16)31-3/h5-7,9,18,20H,4,8,11,27H2,1-3H3/t18-,20+/m0/s1. The van der Waals surface area contributed by atoms with Crippen LogP contribution in [0, 0.1) is 45.3 Å². The monoisotopic (exact) mass is 433 g/mol. The van der Waals surface area contributed by atoms with E-state index in [2.05, 4.69) is 18.2 Å². The summed E-state index contributed by atoms with van der Waals surface area (Å²) in [6.07, 6.45) is 1.22. The van der Waals surface area contributed by atoms with E-state index >= 15 is 0 Å². The molecule has 2 atom stereocenters. The van der Waals surface area contributed by atoms with Gasteiger partial charge in [0.1, 0.15) is 17.6 Å². The molecular weight excluding hydrogens is 410 g/mol. The van der Waals surface area contributed by atoms with Gasteiger partial charge in [-0.2, -0.15) is 15.8 Å². The van der Waals surface area contributed by atoms with E-state index in [0.29, 0.717) is 22.6 Å². The molecule has 0 saturated carbocycles. The SMILES string of the molecule is CCOC(=O)N1CC=C2C(C#N)=C(N)C(C#N)(C#N)[C@H](c3cc(OC)ccc3OC)[C@H]2C1. The Labute approximate surface area is 186 Å². The number of nitrogens with two attached hydrogens (primary N) is 1. The van der Waals surface area contributed by atoms with Gasteiger partial charge in [-0.3, -0.25) is 0 Å². The molecule has 2 aliphatic rings. The van der Waals surface area contributed by atoms with Crippen LogP contribution >= 0.6 is 0 Å². The maximum absolute atomic E-state index is 12.5. The number of hydrogen-bond donors (Lipinski definition) is 1. The van der Waals surface area contributed by atoms with E-state index in [-0.39, 0.29) is 31.0 Å². The van der Waals surface area contributed by atoms with Crippen LogP contribution in [0.15, 0.2) is 41.1 Å². The molecule has 0 radical (unpaired) electrons. The minimum Gasteiger partial charge on any atom is -0.497 e.